The number of ketones is 1. The number of nitrogens with zero attached hydrogens (tertiary/aromatic N) is 2. The molecule has 2 heterocycles. The van der Waals surface area contributed by atoms with Crippen LogP contribution in [0.3, 0.4) is 0 Å². The van der Waals surface area contributed by atoms with E-state index in [2.05, 4.69) is 5.16 Å². The number of aromatic nitrogens is 1. The molecular formula is C13H9FN2O3. The van der Waals surface area contributed by atoms with E-state index >= 15 is 0 Å². The largest absolute Gasteiger partial charge is 0.361 e. The number of benzene rings is 1. The molecule has 1 aromatic heterocycles. The Kier molecular flexibility index (Phi) is 2.45. The molecule has 0 saturated heterocycles. The van der Waals surface area contributed by atoms with Crippen molar-refractivity contribution in [2.75, 3.05) is 4.90 Å². The average Bonchev–Trinajstić information content (AvgIpc) is 2.89. The van der Waals surface area contributed by atoms with E-state index in [4.69, 9.17) is 4.52 Å². The topological polar surface area (TPSA) is 63.4 Å². The number of hydrogen-bond donors (Lipinski definition) is 0. The fourth-order valence-corrected chi connectivity index (χ4v) is 2.12. The lowest BCUT2D eigenvalue weighted by molar-refractivity contribution is -0.114. The Labute approximate surface area is 107 Å². The second kappa shape index (κ2) is 4.01. The lowest BCUT2D eigenvalue weighted by Crippen LogP contribution is -2.29. The smallest absolute Gasteiger partial charge is 0.299 e. The minimum atomic E-state index is -0.749. The highest BCUT2D eigenvalue weighted by Gasteiger charge is 2.38. The zero-order valence-corrected chi connectivity index (χ0v) is 10.0. The molecule has 0 saturated carbocycles. The Morgan fingerprint density at radius 3 is 2.84 bits per heavy atom. The Morgan fingerprint density at radius 2 is 2.16 bits per heavy atom. The predicted molar refractivity (Wildman–Crippen MR) is 63.2 cm³/mol. The molecule has 0 spiro atoms. The molecule has 0 unspecified atom stereocenters. The van der Waals surface area contributed by atoms with E-state index in [0.717, 1.165) is 4.90 Å². The van der Waals surface area contributed by atoms with Gasteiger partial charge in [-0.15, -0.1) is 0 Å². The van der Waals surface area contributed by atoms with Gasteiger partial charge in [0.2, 0.25) is 0 Å². The van der Waals surface area contributed by atoms with Crippen molar-refractivity contribution in [3.8, 4) is 0 Å². The lowest BCUT2D eigenvalue weighted by Gasteiger charge is -2.14. The number of halogens is 1. The monoisotopic (exact) mass is 260 g/mol. The van der Waals surface area contributed by atoms with Gasteiger partial charge in [0.25, 0.3) is 11.7 Å². The van der Waals surface area contributed by atoms with Gasteiger partial charge in [-0.25, -0.2) is 4.39 Å². The third-order valence-electron chi connectivity index (χ3n) is 2.94. The quantitative estimate of drug-likeness (QED) is 0.773. The first-order chi connectivity index (χ1) is 9.08. The summed E-state index contributed by atoms with van der Waals surface area (Å²) in [5.74, 6) is -1.46. The van der Waals surface area contributed by atoms with Gasteiger partial charge in [-0.2, -0.15) is 0 Å². The van der Waals surface area contributed by atoms with Crippen LogP contribution in [0.25, 0.3) is 0 Å². The zero-order valence-electron chi connectivity index (χ0n) is 10.0. The molecule has 0 fully saturated rings. The Bertz CT molecular complexity index is 693. The Hall–Kier alpha value is -2.50. The third-order valence-corrected chi connectivity index (χ3v) is 2.94. The second-order valence-electron chi connectivity index (χ2n) is 4.29. The van der Waals surface area contributed by atoms with Gasteiger partial charge >= 0.3 is 0 Å². The maximum atomic E-state index is 13.8. The molecule has 6 heteroatoms. The number of fused-ring (bicyclic) bond motifs is 1. The first-order valence-electron chi connectivity index (χ1n) is 5.65. The molecule has 1 aliphatic heterocycles. The van der Waals surface area contributed by atoms with E-state index in [1.807, 2.05) is 0 Å². The molecule has 1 aliphatic rings. The van der Waals surface area contributed by atoms with Crippen molar-refractivity contribution in [3.05, 3.63) is 47.1 Å². The summed E-state index contributed by atoms with van der Waals surface area (Å²) in [6.07, 6.45) is 0. The van der Waals surface area contributed by atoms with E-state index in [-0.39, 0.29) is 17.8 Å². The fraction of sp³-hybridized carbons (Fsp3) is 0.154. The Morgan fingerprint density at radius 1 is 1.37 bits per heavy atom. The summed E-state index contributed by atoms with van der Waals surface area (Å²) in [5, 5.41) is 3.74. The molecule has 0 bridgehead atoms. The van der Waals surface area contributed by atoms with Crippen LogP contribution in [0.5, 0.6) is 0 Å². The first kappa shape index (κ1) is 11.6. The summed E-state index contributed by atoms with van der Waals surface area (Å²) in [5.41, 5.74) is 0.568. The summed E-state index contributed by atoms with van der Waals surface area (Å²) in [6.45, 7) is 1.72. The van der Waals surface area contributed by atoms with Crippen molar-refractivity contribution in [1.29, 1.82) is 0 Å². The van der Waals surface area contributed by atoms with Gasteiger partial charge in [0.15, 0.2) is 0 Å². The molecule has 2 aromatic rings. The van der Waals surface area contributed by atoms with Crippen LogP contribution in [0.4, 0.5) is 10.1 Å². The Balaban J connectivity index is 2.04. The van der Waals surface area contributed by atoms with Crippen molar-refractivity contribution in [3.63, 3.8) is 0 Å². The molecule has 3 rings (SSSR count). The molecule has 5 nitrogen and oxygen atoms in total. The number of hydrogen-bond acceptors (Lipinski definition) is 4. The van der Waals surface area contributed by atoms with Gasteiger partial charge < -0.3 is 4.52 Å². The maximum Gasteiger partial charge on any atom is 0.299 e. The number of carbonyl (C=O) groups excluding carboxylic acids is 2. The number of amides is 1. The highest BCUT2D eigenvalue weighted by Crippen LogP contribution is 2.32. The minimum absolute atomic E-state index is 0.00977. The average molecular weight is 260 g/mol. The molecule has 96 valence electrons. The summed E-state index contributed by atoms with van der Waals surface area (Å²) in [4.78, 5) is 24.7. The minimum Gasteiger partial charge on any atom is -0.361 e. The van der Waals surface area contributed by atoms with Crippen LogP contribution in [-0.2, 0) is 11.3 Å². The maximum absolute atomic E-state index is 13.8. The summed E-state index contributed by atoms with van der Waals surface area (Å²) < 4.78 is 18.7. The predicted octanol–water partition coefficient (Wildman–Crippen LogP) is 1.85. The number of anilines is 1. The molecule has 0 aliphatic carbocycles. The highest BCUT2D eigenvalue weighted by molar-refractivity contribution is 6.52. The fourth-order valence-electron chi connectivity index (χ4n) is 2.12. The number of aryl methyl sites for hydroxylation is 1. The highest BCUT2D eigenvalue weighted by atomic mass is 19.1. The zero-order chi connectivity index (χ0) is 13.6. The molecule has 1 aromatic carbocycles. The van der Waals surface area contributed by atoms with E-state index < -0.39 is 17.5 Å². The van der Waals surface area contributed by atoms with E-state index in [1.165, 1.54) is 18.2 Å². The molecule has 0 N–H and O–H groups in total. The van der Waals surface area contributed by atoms with E-state index in [9.17, 15) is 14.0 Å². The van der Waals surface area contributed by atoms with Gasteiger partial charge in [-0.05, 0) is 19.1 Å². The van der Waals surface area contributed by atoms with Gasteiger partial charge in [0.05, 0.1) is 17.8 Å². The number of rotatable bonds is 2. The van der Waals surface area contributed by atoms with Crippen molar-refractivity contribution in [2.45, 2.75) is 13.5 Å². The van der Waals surface area contributed by atoms with Crippen LogP contribution in [0.1, 0.15) is 21.8 Å². The third kappa shape index (κ3) is 1.72. The van der Waals surface area contributed by atoms with Crippen molar-refractivity contribution < 1.29 is 18.5 Å². The molecule has 1 amide bonds. The standard InChI is InChI=1S/C13H9FN2O3/c1-7-5-8(15-19-7)6-16-11-9(12(17)13(16)18)3-2-4-10(11)14/h2-5H,6H2,1H3. The van der Waals surface area contributed by atoms with E-state index in [1.54, 1.807) is 13.0 Å². The normalized spacial score (nSPS) is 14.1. The van der Waals surface area contributed by atoms with Gasteiger partial charge in [-0.3, -0.25) is 14.5 Å². The number of carbonyl (C=O) groups is 2. The van der Waals surface area contributed by atoms with Crippen LogP contribution in [0, 0.1) is 12.7 Å². The van der Waals surface area contributed by atoms with Crippen LogP contribution in [0.15, 0.2) is 28.8 Å². The molecular weight excluding hydrogens is 251 g/mol. The van der Waals surface area contributed by atoms with Crippen LogP contribution in [-0.4, -0.2) is 16.8 Å². The SMILES string of the molecule is Cc1cc(CN2C(=O)C(=O)c3cccc(F)c32)no1. The molecule has 0 radical (unpaired) electrons. The number of para-hydroxylation sites is 1. The van der Waals surface area contributed by atoms with Crippen molar-refractivity contribution in [1.82, 2.24) is 5.16 Å². The van der Waals surface area contributed by atoms with E-state index in [0.29, 0.717) is 11.5 Å². The van der Waals surface area contributed by atoms with Gasteiger partial charge in [0.1, 0.15) is 17.3 Å². The number of Topliss-reactive ketones (excluding diaryl/α,β-unsaturated/α-hetero) is 1. The van der Waals surface area contributed by atoms with Crippen LogP contribution >= 0.6 is 0 Å². The van der Waals surface area contributed by atoms with Crippen LogP contribution < -0.4 is 4.90 Å². The van der Waals surface area contributed by atoms with Gasteiger partial charge in [0, 0.05) is 6.07 Å². The van der Waals surface area contributed by atoms with Crippen LogP contribution in [0.2, 0.25) is 0 Å². The second-order valence-corrected chi connectivity index (χ2v) is 4.29. The molecule has 19 heavy (non-hydrogen) atoms. The molecule has 0 atom stereocenters. The van der Waals surface area contributed by atoms with Crippen molar-refractivity contribution in [2.24, 2.45) is 0 Å². The first-order valence-corrected chi connectivity index (χ1v) is 5.65. The summed E-state index contributed by atoms with van der Waals surface area (Å²) in [6, 6.07) is 5.69. The summed E-state index contributed by atoms with van der Waals surface area (Å²) >= 11 is 0. The summed E-state index contributed by atoms with van der Waals surface area (Å²) in [7, 11) is 0. The lowest BCUT2D eigenvalue weighted by atomic mass is 10.1. The van der Waals surface area contributed by atoms with Gasteiger partial charge in [-0.1, -0.05) is 11.2 Å². The van der Waals surface area contributed by atoms with Crippen molar-refractivity contribution >= 4 is 17.4 Å².